The molecule has 9 heteroatoms. The minimum absolute atomic E-state index is 0.624. The number of aromatic nitrogens is 9. The van der Waals surface area contributed by atoms with Gasteiger partial charge in [0.15, 0.2) is 23.3 Å². The molecule has 0 amide bonds. The van der Waals surface area contributed by atoms with Crippen LogP contribution in [0.1, 0.15) is 11.4 Å². The Labute approximate surface area is 661 Å². The highest BCUT2D eigenvalue weighted by Crippen LogP contribution is 2.41. The molecule has 114 heavy (non-hydrogen) atoms. The number of fused-ring (bicyclic) bond motifs is 6. The minimum atomic E-state index is 0.624. The normalized spacial score (nSPS) is 11.2. The molecule has 0 saturated carbocycles. The number of hydrogen-bond donors (Lipinski definition) is 0. The topological polar surface area (TPSA) is 116 Å². The van der Waals surface area contributed by atoms with Crippen LogP contribution in [0.2, 0.25) is 0 Å². The van der Waals surface area contributed by atoms with Crippen LogP contribution in [0.25, 0.3) is 201 Å². The molecule has 20 rings (SSSR count). The van der Waals surface area contributed by atoms with Crippen molar-refractivity contribution in [3.05, 3.63) is 406 Å². The Morgan fingerprint density at radius 2 is 0.395 bits per heavy atom. The van der Waals surface area contributed by atoms with Gasteiger partial charge in [-0.2, -0.15) is 0 Å². The largest absolute Gasteiger partial charge is 0.251 e. The standard InChI is InChI=1S/C53H36N4.C52H35N5/c1-35-20-21-42-30-31-46-47(33-48(39-14-7-3-8-15-39)55-52(46)51(42)54-35)45-19-11-18-44(32-45)38-24-28-43(29-25-38)53-56-49(40-16-9-4-10-17-40)34-50(57-53)41-26-22-37(23-27-41)36-12-5-2-6-13-36;1-34-20-21-39-30-31-45-46(33-47(38-14-7-3-8-15-38)54-49(45)48(39)53-34)44-19-11-18-43(32-44)37-24-28-42(29-25-37)52-56-50(40-16-9-4-10-17-40)55-51(57-52)41-26-22-36(23-27-41)35-12-5-2-6-13-35/h2-34H,1H3;2-33H,1H3. The Bertz CT molecular complexity index is 6490. The van der Waals surface area contributed by atoms with Crippen molar-refractivity contribution < 1.29 is 0 Å². The first-order valence-electron chi connectivity index (χ1n) is 38.3. The first-order valence-corrected chi connectivity index (χ1v) is 38.3. The smallest absolute Gasteiger partial charge is 0.164 e. The van der Waals surface area contributed by atoms with E-state index in [0.717, 1.165) is 172 Å². The molecule has 9 nitrogen and oxygen atoms in total. The van der Waals surface area contributed by atoms with E-state index in [2.05, 4.69) is 322 Å². The van der Waals surface area contributed by atoms with Gasteiger partial charge in [0.25, 0.3) is 0 Å². The Kier molecular flexibility index (Phi) is 18.7. The van der Waals surface area contributed by atoms with E-state index in [4.69, 9.17) is 44.9 Å². The summed E-state index contributed by atoms with van der Waals surface area (Å²) in [5.41, 5.74) is 30.8. The van der Waals surface area contributed by atoms with Crippen molar-refractivity contribution in [3.63, 3.8) is 0 Å². The van der Waals surface area contributed by atoms with E-state index in [1.807, 2.05) is 86.6 Å². The van der Waals surface area contributed by atoms with Gasteiger partial charge in [0, 0.05) is 77.4 Å². The molecule has 0 saturated heterocycles. The van der Waals surface area contributed by atoms with Crippen LogP contribution in [0.4, 0.5) is 0 Å². The number of benzene rings is 14. The zero-order chi connectivity index (χ0) is 76.3. The van der Waals surface area contributed by atoms with Crippen LogP contribution < -0.4 is 0 Å². The Balaban J connectivity index is 0.000000153. The lowest BCUT2D eigenvalue weighted by molar-refractivity contribution is 1.07. The molecule has 0 spiro atoms. The van der Waals surface area contributed by atoms with Gasteiger partial charge in [-0.05, 0) is 123 Å². The van der Waals surface area contributed by atoms with Gasteiger partial charge in [0.05, 0.1) is 44.8 Å². The molecule has 14 aromatic carbocycles. The summed E-state index contributed by atoms with van der Waals surface area (Å²) >= 11 is 0. The predicted molar refractivity (Wildman–Crippen MR) is 469 cm³/mol. The van der Waals surface area contributed by atoms with Crippen LogP contribution in [0.3, 0.4) is 0 Å². The van der Waals surface area contributed by atoms with Gasteiger partial charge in [-0.25, -0.2) is 34.9 Å². The third kappa shape index (κ3) is 14.4. The highest BCUT2D eigenvalue weighted by Gasteiger charge is 2.20. The summed E-state index contributed by atoms with van der Waals surface area (Å²) in [6.07, 6.45) is 0. The van der Waals surface area contributed by atoms with Crippen LogP contribution in [-0.4, -0.2) is 44.9 Å². The van der Waals surface area contributed by atoms with E-state index in [9.17, 15) is 0 Å². The number of rotatable bonds is 14. The number of aryl methyl sites for hydroxylation is 2. The average Bonchev–Trinajstić information content (AvgIpc) is 0.756. The van der Waals surface area contributed by atoms with E-state index in [1.165, 1.54) is 16.7 Å². The monoisotopic (exact) mass is 1460 g/mol. The molecular formula is C105H71N9. The van der Waals surface area contributed by atoms with Gasteiger partial charge in [-0.3, -0.25) is 9.97 Å². The SMILES string of the molecule is Cc1ccc2ccc3c(-c4cccc(-c5ccc(-c6nc(-c7ccccc7)cc(-c7ccc(-c8ccccc8)cc7)n6)cc5)c4)cc(-c4ccccc4)nc3c2n1.Cc1ccc2ccc3c(-c4cccc(-c5ccc(-c6nc(-c7ccccc7)nc(-c7ccc(-c8ccccc8)cc7)n6)cc5)c4)cc(-c4ccccc4)nc3c2n1. The van der Waals surface area contributed by atoms with E-state index in [0.29, 0.717) is 23.3 Å². The van der Waals surface area contributed by atoms with Crippen LogP contribution >= 0.6 is 0 Å². The molecule has 6 heterocycles. The summed E-state index contributed by atoms with van der Waals surface area (Å²) in [4.78, 5) is 45.5. The average molecular weight is 1460 g/mol. The lowest BCUT2D eigenvalue weighted by atomic mass is 9.94. The van der Waals surface area contributed by atoms with Crippen molar-refractivity contribution >= 4 is 43.6 Å². The summed E-state index contributed by atoms with van der Waals surface area (Å²) in [6, 6.07) is 137. The third-order valence-electron chi connectivity index (χ3n) is 21.0. The molecule has 0 fully saturated rings. The van der Waals surface area contributed by atoms with Gasteiger partial charge in [0.1, 0.15) is 0 Å². The highest BCUT2D eigenvalue weighted by atomic mass is 15.0. The van der Waals surface area contributed by atoms with Crippen LogP contribution in [0, 0.1) is 13.8 Å². The van der Waals surface area contributed by atoms with Crippen LogP contribution in [0.5, 0.6) is 0 Å². The molecule has 0 atom stereocenters. The van der Waals surface area contributed by atoms with Crippen molar-refractivity contribution in [1.29, 1.82) is 0 Å². The number of nitrogens with zero attached hydrogens (tertiary/aromatic N) is 9. The molecule has 0 N–H and O–H groups in total. The second-order valence-electron chi connectivity index (χ2n) is 28.5. The molecule has 0 bridgehead atoms. The third-order valence-corrected chi connectivity index (χ3v) is 21.0. The van der Waals surface area contributed by atoms with Crippen molar-refractivity contribution in [2.45, 2.75) is 13.8 Å². The number of pyridine rings is 4. The van der Waals surface area contributed by atoms with E-state index in [1.54, 1.807) is 0 Å². The molecule has 0 aliphatic rings. The predicted octanol–water partition coefficient (Wildman–Crippen LogP) is 26.5. The molecule has 0 aliphatic heterocycles. The summed E-state index contributed by atoms with van der Waals surface area (Å²) in [6.45, 7) is 4.06. The van der Waals surface area contributed by atoms with Crippen molar-refractivity contribution in [1.82, 2.24) is 44.9 Å². The molecule has 0 radical (unpaired) electrons. The van der Waals surface area contributed by atoms with Crippen molar-refractivity contribution in [2.24, 2.45) is 0 Å². The lowest BCUT2D eigenvalue weighted by Gasteiger charge is -2.14. The van der Waals surface area contributed by atoms with Gasteiger partial charge < -0.3 is 0 Å². The maximum absolute atomic E-state index is 5.21. The Morgan fingerprint density at radius 1 is 0.149 bits per heavy atom. The molecule has 6 aromatic heterocycles. The number of hydrogen-bond acceptors (Lipinski definition) is 9. The Morgan fingerprint density at radius 3 is 0.754 bits per heavy atom. The first kappa shape index (κ1) is 69.3. The molecule has 536 valence electrons. The molecular weight excluding hydrogens is 1390 g/mol. The summed E-state index contributed by atoms with van der Waals surface area (Å²) < 4.78 is 0. The maximum atomic E-state index is 5.21. The first-order chi connectivity index (χ1) is 56.2. The second kappa shape index (κ2) is 30.7. The van der Waals surface area contributed by atoms with Gasteiger partial charge >= 0.3 is 0 Å². The fourth-order valence-corrected chi connectivity index (χ4v) is 15.0. The Hall–Kier alpha value is -15.2. The quantitative estimate of drug-likeness (QED) is 0.0981. The second-order valence-corrected chi connectivity index (χ2v) is 28.5. The van der Waals surface area contributed by atoms with Crippen molar-refractivity contribution in [3.8, 4) is 157 Å². The maximum Gasteiger partial charge on any atom is 0.164 e. The minimum Gasteiger partial charge on any atom is -0.251 e. The fraction of sp³-hybridized carbons (Fsp3) is 0.0190. The summed E-state index contributed by atoms with van der Waals surface area (Å²) in [7, 11) is 0. The van der Waals surface area contributed by atoms with E-state index in [-0.39, 0.29) is 0 Å². The van der Waals surface area contributed by atoms with Gasteiger partial charge in [0.2, 0.25) is 0 Å². The molecule has 0 unspecified atom stereocenters. The van der Waals surface area contributed by atoms with Gasteiger partial charge in [-0.15, -0.1) is 0 Å². The molecule has 20 aromatic rings. The highest BCUT2D eigenvalue weighted by molar-refractivity contribution is 6.11. The zero-order valence-electron chi connectivity index (χ0n) is 62.6. The molecule has 0 aliphatic carbocycles. The lowest BCUT2D eigenvalue weighted by Crippen LogP contribution is -2.00. The van der Waals surface area contributed by atoms with Crippen LogP contribution in [0.15, 0.2) is 394 Å². The van der Waals surface area contributed by atoms with Crippen molar-refractivity contribution in [2.75, 3.05) is 0 Å². The zero-order valence-corrected chi connectivity index (χ0v) is 62.6. The summed E-state index contributed by atoms with van der Waals surface area (Å²) in [5, 5.41) is 4.31. The fourth-order valence-electron chi connectivity index (χ4n) is 15.0. The van der Waals surface area contributed by atoms with Crippen LogP contribution in [-0.2, 0) is 0 Å². The van der Waals surface area contributed by atoms with E-state index < -0.39 is 0 Å². The van der Waals surface area contributed by atoms with Gasteiger partial charge in [-0.1, -0.05) is 352 Å². The summed E-state index contributed by atoms with van der Waals surface area (Å²) in [5.74, 6) is 2.58. The van der Waals surface area contributed by atoms with E-state index >= 15 is 0 Å².